The van der Waals surface area contributed by atoms with Gasteiger partial charge in [0.2, 0.25) is 0 Å². The third-order valence-electron chi connectivity index (χ3n) is 3.98. The van der Waals surface area contributed by atoms with Gasteiger partial charge in [0.25, 0.3) is 0 Å². The van der Waals surface area contributed by atoms with Crippen molar-refractivity contribution in [3.8, 4) is 11.3 Å². The van der Waals surface area contributed by atoms with Crippen LogP contribution in [0.15, 0.2) is 41.8 Å². The minimum absolute atomic E-state index is 0.0726. The van der Waals surface area contributed by atoms with Crippen LogP contribution in [0.2, 0.25) is 0 Å². The minimum Gasteiger partial charge on any atom is -0.332 e. The van der Waals surface area contributed by atoms with Gasteiger partial charge in [-0.3, -0.25) is 4.79 Å². The lowest BCUT2D eigenvalue weighted by Gasteiger charge is -2.09. The Labute approximate surface area is 146 Å². The summed E-state index contributed by atoms with van der Waals surface area (Å²) in [5, 5.41) is 6.23. The van der Waals surface area contributed by atoms with Gasteiger partial charge in [0.05, 0.1) is 5.69 Å². The SMILES string of the molecule is CC(=O)c1ccc(Nc2nc(-c3c(C)cc(C)cc3C)cs2)cc1. The van der Waals surface area contributed by atoms with Crippen LogP contribution >= 0.6 is 11.3 Å². The normalized spacial score (nSPS) is 10.7. The molecule has 1 N–H and O–H groups in total. The lowest BCUT2D eigenvalue weighted by Crippen LogP contribution is -1.94. The number of anilines is 2. The number of carbonyl (C=O) groups is 1. The smallest absolute Gasteiger partial charge is 0.187 e. The number of nitrogens with zero attached hydrogens (tertiary/aromatic N) is 1. The second-order valence-corrected chi connectivity index (χ2v) is 6.93. The number of nitrogens with one attached hydrogen (secondary N) is 1. The molecule has 4 heteroatoms. The van der Waals surface area contributed by atoms with Crippen molar-refractivity contribution in [2.45, 2.75) is 27.7 Å². The van der Waals surface area contributed by atoms with Crippen LogP contribution in [0.25, 0.3) is 11.3 Å². The summed E-state index contributed by atoms with van der Waals surface area (Å²) in [5.41, 5.74) is 7.61. The van der Waals surface area contributed by atoms with E-state index in [0.717, 1.165) is 16.5 Å². The summed E-state index contributed by atoms with van der Waals surface area (Å²) in [5.74, 6) is 0.0726. The highest BCUT2D eigenvalue weighted by Gasteiger charge is 2.11. The van der Waals surface area contributed by atoms with Crippen LogP contribution in [0.4, 0.5) is 10.8 Å². The van der Waals surface area contributed by atoms with Gasteiger partial charge in [-0.15, -0.1) is 11.3 Å². The number of benzene rings is 2. The first-order valence-corrected chi connectivity index (χ1v) is 8.74. The maximum atomic E-state index is 11.3. The summed E-state index contributed by atoms with van der Waals surface area (Å²) in [6.45, 7) is 7.94. The van der Waals surface area contributed by atoms with Crippen LogP contribution in [0.1, 0.15) is 34.0 Å². The van der Waals surface area contributed by atoms with Crippen molar-refractivity contribution in [2.75, 3.05) is 5.32 Å². The van der Waals surface area contributed by atoms with E-state index in [1.165, 1.54) is 22.3 Å². The number of ketones is 1. The molecule has 0 bridgehead atoms. The van der Waals surface area contributed by atoms with Crippen LogP contribution in [-0.2, 0) is 0 Å². The molecule has 0 spiro atoms. The standard InChI is InChI=1S/C20H20N2OS/c1-12-9-13(2)19(14(3)10-12)18-11-24-20(22-18)21-17-7-5-16(6-8-17)15(4)23/h5-11H,1-4H3,(H,21,22). The fourth-order valence-corrected chi connectivity index (χ4v) is 3.66. The molecule has 0 saturated carbocycles. The zero-order valence-corrected chi connectivity index (χ0v) is 15.1. The number of carbonyl (C=O) groups excluding carboxylic acids is 1. The van der Waals surface area contributed by atoms with E-state index >= 15 is 0 Å². The van der Waals surface area contributed by atoms with E-state index in [2.05, 4.69) is 43.6 Å². The van der Waals surface area contributed by atoms with Gasteiger partial charge in [-0.1, -0.05) is 17.7 Å². The number of hydrogen-bond donors (Lipinski definition) is 1. The van der Waals surface area contributed by atoms with E-state index < -0.39 is 0 Å². The number of aryl methyl sites for hydroxylation is 3. The van der Waals surface area contributed by atoms with Crippen molar-refractivity contribution in [2.24, 2.45) is 0 Å². The molecule has 0 aliphatic carbocycles. The number of hydrogen-bond acceptors (Lipinski definition) is 4. The molecule has 0 fully saturated rings. The summed E-state index contributed by atoms with van der Waals surface area (Å²) >= 11 is 1.58. The summed E-state index contributed by atoms with van der Waals surface area (Å²) in [7, 11) is 0. The molecule has 0 atom stereocenters. The molecule has 2 aromatic carbocycles. The average Bonchev–Trinajstić information content (AvgIpc) is 2.95. The van der Waals surface area contributed by atoms with E-state index in [9.17, 15) is 4.79 Å². The van der Waals surface area contributed by atoms with Crippen LogP contribution < -0.4 is 5.32 Å². The van der Waals surface area contributed by atoms with Gasteiger partial charge < -0.3 is 5.32 Å². The van der Waals surface area contributed by atoms with Crippen LogP contribution in [0.5, 0.6) is 0 Å². The van der Waals surface area contributed by atoms with E-state index in [4.69, 9.17) is 4.98 Å². The van der Waals surface area contributed by atoms with Crippen molar-refractivity contribution in [1.29, 1.82) is 0 Å². The zero-order valence-electron chi connectivity index (χ0n) is 14.3. The molecule has 0 aliphatic rings. The monoisotopic (exact) mass is 336 g/mol. The van der Waals surface area contributed by atoms with E-state index in [1.807, 2.05) is 24.3 Å². The molecule has 24 heavy (non-hydrogen) atoms. The van der Waals surface area contributed by atoms with Crippen molar-refractivity contribution in [3.63, 3.8) is 0 Å². The molecule has 0 radical (unpaired) electrons. The molecule has 0 saturated heterocycles. The van der Waals surface area contributed by atoms with Crippen molar-refractivity contribution in [1.82, 2.24) is 4.98 Å². The lowest BCUT2D eigenvalue weighted by atomic mass is 9.98. The predicted octanol–water partition coefficient (Wildman–Crippen LogP) is 5.68. The van der Waals surface area contributed by atoms with E-state index in [0.29, 0.717) is 5.56 Å². The Morgan fingerprint density at radius 2 is 1.67 bits per heavy atom. The van der Waals surface area contributed by atoms with Crippen molar-refractivity contribution >= 4 is 27.9 Å². The fourth-order valence-electron chi connectivity index (χ4n) is 2.94. The first-order chi connectivity index (χ1) is 11.4. The molecule has 0 unspecified atom stereocenters. The van der Waals surface area contributed by atoms with Gasteiger partial charge in [-0.2, -0.15) is 0 Å². The third kappa shape index (κ3) is 3.39. The predicted molar refractivity (Wildman–Crippen MR) is 101 cm³/mol. The Hall–Kier alpha value is -2.46. The largest absolute Gasteiger partial charge is 0.332 e. The average molecular weight is 336 g/mol. The summed E-state index contributed by atoms with van der Waals surface area (Å²) in [6, 6.07) is 11.8. The summed E-state index contributed by atoms with van der Waals surface area (Å²) in [4.78, 5) is 16.1. The van der Waals surface area contributed by atoms with Gasteiger partial charge in [-0.25, -0.2) is 4.98 Å². The van der Waals surface area contributed by atoms with Crippen LogP contribution in [0, 0.1) is 20.8 Å². The highest BCUT2D eigenvalue weighted by Crippen LogP contribution is 2.32. The quantitative estimate of drug-likeness (QED) is 0.623. The summed E-state index contributed by atoms with van der Waals surface area (Å²) < 4.78 is 0. The summed E-state index contributed by atoms with van der Waals surface area (Å²) in [6.07, 6.45) is 0. The maximum Gasteiger partial charge on any atom is 0.187 e. The van der Waals surface area contributed by atoms with Gasteiger partial charge >= 0.3 is 0 Å². The Morgan fingerprint density at radius 3 is 2.25 bits per heavy atom. The highest BCUT2D eigenvalue weighted by molar-refractivity contribution is 7.14. The number of rotatable bonds is 4. The maximum absolute atomic E-state index is 11.3. The van der Waals surface area contributed by atoms with E-state index in [1.54, 1.807) is 18.3 Å². The van der Waals surface area contributed by atoms with Crippen molar-refractivity contribution < 1.29 is 4.79 Å². The Balaban J connectivity index is 1.85. The molecular weight excluding hydrogens is 316 g/mol. The van der Waals surface area contributed by atoms with Crippen LogP contribution in [-0.4, -0.2) is 10.8 Å². The Bertz CT molecular complexity index is 871. The second-order valence-electron chi connectivity index (χ2n) is 6.07. The van der Waals surface area contributed by atoms with Gasteiger partial charge in [0.1, 0.15) is 0 Å². The number of Topliss-reactive ketones (excluding diaryl/α,β-unsaturated/α-hetero) is 1. The van der Waals surface area contributed by atoms with Gasteiger partial charge in [-0.05, 0) is 63.1 Å². The van der Waals surface area contributed by atoms with Crippen LogP contribution in [0.3, 0.4) is 0 Å². The molecule has 0 aliphatic heterocycles. The molecule has 122 valence electrons. The Morgan fingerprint density at radius 1 is 1.04 bits per heavy atom. The molecule has 3 rings (SSSR count). The first-order valence-electron chi connectivity index (χ1n) is 7.86. The Kier molecular flexibility index (Phi) is 4.49. The molecule has 0 amide bonds. The molecule has 3 aromatic rings. The fraction of sp³-hybridized carbons (Fsp3) is 0.200. The highest BCUT2D eigenvalue weighted by atomic mass is 32.1. The van der Waals surface area contributed by atoms with Gasteiger partial charge in [0, 0.05) is 22.2 Å². The molecule has 3 nitrogen and oxygen atoms in total. The lowest BCUT2D eigenvalue weighted by molar-refractivity contribution is 0.101. The second kappa shape index (κ2) is 6.57. The molecular formula is C20H20N2OS. The van der Waals surface area contributed by atoms with Crippen molar-refractivity contribution in [3.05, 3.63) is 64.0 Å². The topological polar surface area (TPSA) is 42.0 Å². The molecule has 1 aromatic heterocycles. The number of aromatic nitrogens is 1. The molecule has 1 heterocycles. The third-order valence-corrected chi connectivity index (χ3v) is 4.74. The first kappa shape index (κ1) is 16.4. The van der Waals surface area contributed by atoms with Gasteiger partial charge in [0.15, 0.2) is 10.9 Å². The van der Waals surface area contributed by atoms with E-state index in [-0.39, 0.29) is 5.78 Å². The number of thiazole rings is 1. The minimum atomic E-state index is 0.0726. The zero-order chi connectivity index (χ0) is 17.3.